The molecule has 3 nitrogen and oxygen atoms in total. The van der Waals surface area contributed by atoms with E-state index in [1.54, 1.807) is 0 Å². The minimum absolute atomic E-state index is 0.384. The standard InChI is InChI=1S/C2H6NO2PS/c3-2(1-7)5-6-4/h2,7H,1,3H2. The van der Waals surface area contributed by atoms with Crippen LogP contribution in [0.3, 0.4) is 0 Å². The Morgan fingerprint density at radius 1 is 2.00 bits per heavy atom. The summed E-state index contributed by atoms with van der Waals surface area (Å²) in [5.41, 5.74) is 5.08. The minimum atomic E-state index is -0.512. The number of thiol groups is 1. The zero-order valence-electron chi connectivity index (χ0n) is 3.57. The molecule has 0 saturated heterocycles. The molecule has 0 rings (SSSR count). The van der Waals surface area contributed by atoms with Gasteiger partial charge in [-0.05, 0) is 0 Å². The first-order chi connectivity index (χ1) is 3.31. The normalized spacial score (nSPS) is 14.6. The van der Waals surface area contributed by atoms with E-state index in [1.165, 1.54) is 0 Å². The maximum Gasteiger partial charge on any atom is 0.328 e. The smallest absolute Gasteiger partial charge is 0.305 e. The van der Waals surface area contributed by atoms with Gasteiger partial charge in [0.2, 0.25) is 0 Å². The van der Waals surface area contributed by atoms with Gasteiger partial charge in [-0.2, -0.15) is 12.6 Å². The van der Waals surface area contributed by atoms with Crippen molar-refractivity contribution < 1.29 is 9.09 Å². The summed E-state index contributed by atoms with van der Waals surface area (Å²) in [6.45, 7) is 0. The first kappa shape index (κ1) is 7.37. The van der Waals surface area contributed by atoms with Crippen LogP contribution in [0.15, 0.2) is 0 Å². The molecule has 0 aromatic rings. The average Bonchev–Trinajstić information content (AvgIpc) is 1.68. The first-order valence-corrected chi connectivity index (χ1v) is 3.02. The second kappa shape index (κ2) is 4.53. The minimum Gasteiger partial charge on any atom is -0.305 e. The fourth-order valence-electron chi connectivity index (χ4n) is 0.0886. The Hall–Kier alpha value is 0.370. The molecule has 7 heavy (non-hydrogen) atoms. The van der Waals surface area contributed by atoms with E-state index in [4.69, 9.17) is 5.73 Å². The van der Waals surface area contributed by atoms with Gasteiger partial charge in [0.15, 0.2) is 0 Å². The molecule has 0 bridgehead atoms. The monoisotopic (exact) mass is 139 g/mol. The molecule has 0 aliphatic rings. The molecule has 0 aromatic carbocycles. The molecule has 42 valence electrons. The summed E-state index contributed by atoms with van der Waals surface area (Å²) in [4.78, 5) is 0. The summed E-state index contributed by atoms with van der Waals surface area (Å²) in [6.07, 6.45) is -0.512. The maximum absolute atomic E-state index is 9.54. The van der Waals surface area contributed by atoms with Crippen LogP contribution < -0.4 is 5.73 Å². The number of hydrogen-bond donors (Lipinski definition) is 2. The van der Waals surface area contributed by atoms with Gasteiger partial charge in [-0.1, -0.05) is 0 Å². The van der Waals surface area contributed by atoms with Crippen molar-refractivity contribution in [2.75, 3.05) is 5.75 Å². The highest BCUT2D eigenvalue weighted by Gasteiger charge is 1.94. The Kier molecular flexibility index (Phi) is 4.77. The molecule has 1 atom stereocenters. The van der Waals surface area contributed by atoms with Gasteiger partial charge in [0, 0.05) is 5.75 Å². The Morgan fingerprint density at radius 2 is 2.57 bits per heavy atom. The molecule has 0 heterocycles. The predicted octanol–water partition coefficient (Wildman–Crippen LogP) is 0.424. The van der Waals surface area contributed by atoms with Crippen molar-refractivity contribution in [3.05, 3.63) is 0 Å². The maximum atomic E-state index is 9.54. The van der Waals surface area contributed by atoms with Gasteiger partial charge in [0.1, 0.15) is 6.23 Å². The summed E-state index contributed by atoms with van der Waals surface area (Å²) in [6, 6.07) is 0. The largest absolute Gasteiger partial charge is 0.328 e. The van der Waals surface area contributed by atoms with E-state index >= 15 is 0 Å². The molecule has 1 unspecified atom stereocenters. The van der Waals surface area contributed by atoms with Crippen LogP contribution in [-0.4, -0.2) is 12.0 Å². The Balaban J connectivity index is 2.98. The third-order valence-corrected chi connectivity index (χ3v) is 1.08. The van der Waals surface area contributed by atoms with Crippen molar-refractivity contribution in [1.29, 1.82) is 0 Å². The summed E-state index contributed by atoms with van der Waals surface area (Å²) in [5, 5.41) is 0. The molecule has 0 aliphatic heterocycles. The van der Waals surface area contributed by atoms with Crippen LogP contribution in [0.1, 0.15) is 0 Å². The molecule has 0 radical (unpaired) electrons. The summed E-state index contributed by atoms with van der Waals surface area (Å²) in [5.74, 6) is 0.384. The van der Waals surface area contributed by atoms with Crippen LogP contribution in [0, 0.1) is 0 Å². The second-order valence-electron chi connectivity index (χ2n) is 0.901. The highest BCUT2D eigenvalue weighted by Crippen LogP contribution is 1.97. The summed E-state index contributed by atoms with van der Waals surface area (Å²) in [7, 11) is -0.384. The van der Waals surface area contributed by atoms with E-state index < -0.39 is 6.23 Å². The Bertz CT molecular complexity index is 61.7. The molecule has 0 saturated carbocycles. The Morgan fingerprint density at radius 3 is 2.71 bits per heavy atom. The van der Waals surface area contributed by atoms with Crippen molar-refractivity contribution in [2.45, 2.75) is 6.23 Å². The predicted molar refractivity (Wildman–Crippen MR) is 30.5 cm³/mol. The lowest BCUT2D eigenvalue weighted by molar-refractivity contribution is 0.259. The third-order valence-electron chi connectivity index (χ3n) is 0.358. The lowest BCUT2D eigenvalue weighted by Gasteiger charge is -1.98. The second-order valence-corrected chi connectivity index (χ2v) is 1.63. The highest BCUT2D eigenvalue weighted by atomic mass is 32.1. The topological polar surface area (TPSA) is 52.3 Å². The average molecular weight is 139 g/mol. The quantitative estimate of drug-likeness (QED) is 0.338. The van der Waals surface area contributed by atoms with Crippen LogP contribution >= 0.6 is 21.3 Å². The van der Waals surface area contributed by atoms with Gasteiger partial charge >= 0.3 is 8.69 Å². The lowest BCUT2D eigenvalue weighted by Crippen LogP contribution is -2.21. The first-order valence-electron chi connectivity index (χ1n) is 1.66. The number of nitrogens with two attached hydrogens (primary N) is 1. The van der Waals surface area contributed by atoms with Gasteiger partial charge in [-0.25, -0.2) is 4.57 Å². The molecule has 2 N–H and O–H groups in total. The van der Waals surface area contributed by atoms with Crippen LogP contribution in [0.5, 0.6) is 0 Å². The van der Waals surface area contributed by atoms with Crippen molar-refractivity contribution in [3.8, 4) is 0 Å². The number of hydrogen-bond acceptors (Lipinski definition) is 4. The van der Waals surface area contributed by atoms with Gasteiger partial charge in [-0.15, -0.1) is 0 Å². The molecule has 0 fully saturated rings. The van der Waals surface area contributed by atoms with Gasteiger partial charge in [-0.3, -0.25) is 4.52 Å². The van der Waals surface area contributed by atoms with E-state index in [2.05, 4.69) is 17.2 Å². The highest BCUT2D eigenvalue weighted by molar-refractivity contribution is 7.80. The van der Waals surface area contributed by atoms with Crippen molar-refractivity contribution >= 4 is 21.3 Å². The van der Waals surface area contributed by atoms with Crippen molar-refractivity contribution in [2.24, 2.45) is 5.73 Å². The van der Waals surface area contributed by atoms with E-state index in [1.807, 2.05) is 0 Å². The molecule has 0 aromatic heterocycles. The third kappa shape index (κ3) is 4.22. The van der Waals surface area contributed by atoms with Crippen LogP contribution in [0.25, 0.3) is 0 Å². The fourth-order valence-corrected chi connectivity index (χ4v) is 0.466. The van der Waals surface area contributed by atoms with Crippen LogP contribution in [0.2, 0.25) is 0 Å². The lowest BCUT2D eigenvalue weighted by atomic mass is 10.7. The van der Waals surface area contributed by atoms with Gasteiger partial charge in [0.05, 0.1) is 0 Å². The van der Waals surface area contributed by atoms with Crippen LogP contribution in [0.4, 0.5) is 0 Å². The van der Waals surface area contributed by atoms with Crippen molar-refractivity contribution in [3.63, 3.8) is 0 Å². The van der Waals surface area contributed by atoms with E-state index in [0.717, 1.165) is 0 Å². The van der Waals surface area contributed by atoms with E-state index in [0.29, 0.717) is 5.75 Å². The zero-order chi connectivity index (χ0) is 5.70. The summed E-state index contributed by atoms with van der Waals surface area (Å²) < 4.78 is 13.8. The Labute approximate surface area is 48.9 Å². The fraction of sp³-hybridized carbons (Fsp3) is 1.00. The molecule has 5 heteroatoms. The molecular formula is C2H6NO2PS. The summed E-state index contributed by atoms with van der Waals surface area (Å²) >= 11 is 3.76. The molecule has 0 amide bonds. The molecular weight excluding hydrogens is 133 g/mol. The van der Waals surface area contributed by atoms with E-state index in [-0.39, 0.29) is 8.69 Å². The number of rotatable bonds is 3. The van der Waals surface area contributed by atoms with Crippen molar-refractivity contribution in [1.82, 2.24) is 0 Å². The van der Waals surface area contributed by atoms with Gasteiger partial charge in [0.25, 0.3) is 0 Å². The SMILES string of the molecule is NC(CS)OP=O. The zero-order valence-corrected chi connectivity index (χ0v) is 5.36. The van der Waals surface area contributed by atoms with Crippen LogP contribution in [-0.2, 0) is 9.09 Å². The molecule has 0 aliphatic carbocycles. The molecule has 0 spiro atoms. The van der Waals surface area contributed by atoms with E-state index in [9.17, 15) is 4.57 Å². The van der Waals surface area contributed by atoms with Gasteiger partial charge < -0.3 is 5.73 Å².